The molecule has 3 aromatic carbocycles. The molecule has 4 heteroatoms. The van der Waals surface area contributed by atoms with E-state index in [1.54, 1.807) is 18.2 Å². The van der Waals surface area contributed by atoms with Crippen molar-refractivity contribution in [2.24, 2.45) is 0 Å². The van der Waals surface area contributed by atoms with Crippen LogP contribution < -0.4 is 0 Å². The molecule has 3 nitrogen and oxygen atoms in total. The average molecular weight is 369 g/mol. The Balaban J connectivity index is 1.97. The van der Waals surface area contributed by atoms with Crippen molar-refractivity contribution in [3.05, 3.63) is 86.9 Å². The van der Waals surface area contributed by atoms with Crippen LogP contribution in [-0.2, 0) is 12.8 Å². The van der Waals surface area contributed by atoms with Crippen LogP contribution >= 0.6 is 11.6 Å². The van der Waals surface area contributed by atoms with Crippen LogP contribution in [0.3, 0.4) is 0 Å². The summed E-state index contributed by atoms with van der Waals surface area (Å²) < 4.78 is 0. The van der Waals surface area contributed by atoms with Crippen molar-refractivity contribution in [3.63, 3.8) is 0 Å². The lowest BCUT2D eigenvalue weighted by molar-refractivity contribution is 0.462. The number of hydrogen-bond donors (Lipinski definition) is 3. The highest BCUT2D eigenvalue weighted by molar-refractivity contribution is 6.32. The van der Waals surface area contributed by atoms with E-state index in [1.807, 2.05) is 44.2 Å². The standard InChI is InChI=1S/C22H21ClO3/c1-13-3-5-20(24)16(7-13)9-15-10-18(22(26)19(23)11-15)12-17-8-14(2)4-6-21(17)25/h3-8,10-11,24-26H,9,12H2,1-2H3. The van der Waals surface area contributed by atoms with E-state index in [0.717, 1.165) is 27.8 Å². The van der Waals surface area contributed by atoms with Crippen LogP contribution in [0.1, 0.15) is 33.4 Å². The van der Waals surface area contributed by atoms with Gasteiger partial charge in [0.15, 0.2) is 0 Å². The molecule has 26 heavy (non-hydrogen) atoms. The summed E-state index contributed by atoms with van der Waals surface area (Å²) in [4.78, 5) is 0. The third-order valence-corrected chi connectivity index (χ3v) is 4.74. The van der Waals surface area contributed by atoms with E-state index in [-0.39, 0.29) is 22.3 Å². The molecule has 0 heterocycles. The third kappa shape index (κ3) is 3.94. The largest absolute Gasteiger partial charge is 0.508 e. The van der Waals surface area contributed by atoms with Gasteiger partial charge < -0.3 is 15.3 Å². The summed E-state index contributed by atoms with van der Waals surface area (Å²) in [7, 11) is 0. The fourth-order valence-electron chi connectivity index (χ4n) is 3.09. The quantitative estimate of drug-likeness (QED) is 0.589. The van der Waals surface area contributed by atoms with Crippen LogP contribution in [0.15, 0.2) is 48.5 Å². The maximum absolute atomic E-state index is 10.3. The highest BCUT2D eigenvalue weighted by atomic mass is 35.5. The number of rotatable bonds is 4. The van der Waals surface area contributed by atoms with Crippen molar-refractivity contribution in [1.82, 2.24) is 0 Å². The predicted molar refractivity (Wildman–Crippen MR) is 104 cm³/mol. The molecule has 3 aromatic rings. The molecule has 0 aliphatic carbocycles. The van der Waals surface area contributed by atoms with Crippen LogP contribution in [-0.4, -0.2) is 15.3 Å². The Morgan fingerprint density at radius 2 is 1.23 bits per heavy atom. The zero-order valence-corrected chi connectivity index (χ0v) is 15.5. The number of aryl methyl sites for hydroxylation is 2. The smallest absolute Gasteiger partial charge is 0.137 e. The van der Waals surface area contributed by atoms with Crippen molar-refractivity contribution >= 4 is 11.6 Å². The zero-order valence-electron chi connectivity index (χ0n) is 14.8. The van der Waals surface area contributed by atoms with Crippen molar-refractivity contribution in [3.8, 4) is 17.2 Å². The Bertz CT molecular complexity index is 964. The fourth-order valence-corrected chi connectivity index (χ4v) is 3.35. The Morgan fingerprint density at radius 3 is 1.81 bits per heavy atom. The van der Waals surface area contributed by atoms with Gasteiger partial charge in [0.25, 0.3) is 0 Å². The lowest BCUT2D eigenvalue weighted by atomic mass is 9.96. The molecule has 134 valence electrons. The Morgan fingerprint density at radius 1 is 0.692 bits per heavy atom. The second kappa shape index (κ2) is 7.30. The number of phenolic OH excluding ortho intramolecular Hbond substituents is 3. The number of aromatic hydroxyl groups is 3. The van der Waals surface area contributed by atoms with E-state index in [0.29, 0.717) is 18.4 Å². The molecule has 0 bridgehead atoms. The number of hydrogen-bond acceptors (Lipinski definition) is 3. The fraction of sp³-hybridized carbons (Fsp3) is 0.182. The molecule has 0 aliphatic rings. The van der Waals surface area contributed by atoms with Gasteiger partial charge in [-0.3, -0.25) is 0 Å². The van der Waals surface area contributed by atoms with Gasteiger partial charge in [-0.1, -0.05) is 53.1 Å². The lowest BCUT2D eigenvalue weighted by Gasteiger charge is -2.12. The van der Waals surface area contributed by atoms with Crippen molar-refractivity contribution < 1.29 is 15.3 Å². The summed E-state index contributed by atoms with van der Waals surface area (Å²) in [5.41, 5.74) is 5.15. The molecule has 0 spiro atoms. The van der Waals surface area contributed by atoms with E-state index in [4.69, 9.17) is 11.6 Å². The van der Waals surface area contributed by atoms with Crippen molar-refractivity contribution in [2.45, 2.75) is 26.7 Å². The second-order valence-electron chi connectivity index (χ2n) is 6.70. The molecule has 0 saturated carbocycles. The minimum Gasteiger partial charge on any atom is -0.508 e. The van der Waals surface area contributed by atoms with Gasteiger partial charge in [0.05, 0.1) is 5.02 Å². The van der Waals surface area contributed by atoms with E-state index < -0.39 is 0 Å². The Labute approximate surface area is 158 Å². The van der Waals surface area contributed by atoms with Gasteiger partial charge in [-0.2, -0.15) is 0 Å². The van der Waals surface area contributed by atoms with Crippen LogP contribution in [0, 0.1) is 13.8 Å². The highest BCUT2D eigenvalue weighted by Gasteiger charge is 2.13. The molecule has 0 aliphatic heterocycles. The minimum absolute atomic E-state index is 0.0183. The van der Waals surface area contributed by atoms with Gasteiger partial charge in [0.2, 0.25) is 0 Å². The third-order valence-electron chi connectivity index (χ3n) is 4.45. The topological polar surface area (TPSA) is 60.7 Å². The number of halogens is 1. The van der Waals surface area contributed by atoms with Gasteiger partial charge in [-0.05, 0) is 48.7 Å². The molecule has 0 saturated heterocycles. The predicted octanol–water partition coefficient (Wildman–Crippen LogP) is 5.26. The van der Waals surface area contributed by atoms with Gasteiger partial charge in [0.1, 0.15) is 17.2 Å². The van der Waals surface area contributed by atoms with E-state index in [1.165, 1.54) is 0 Å². The number of benzene rings is 3. The minimum atomic E-state index is 0.0183. The van der Waals surface area contributed by atoms with Crippen molar-refractivity contribution in [2.75, 3.05) is 0 Å². The monoisotopic (exact) mass is 368 g/mol. The normalized spacial score (nSPS) is 10.9. The Hall–Kier alpha value is -2.65. The van der Waals surface area contributed by atoms with Gasteiger partial charge >= 0.3 is 0 Å². The average Bonchev–Trinajstić information content (AvgIpc) is 2.59. The first-order chi connectivity index (χ1) is 12.3. The van der Waals surface area contributed by atoms with Crippen LogP contribution in [0.25, 0.3) is 0 Å². The number of phenols is 3. The van der Waals surface area contributed by atoms with Crippen LogP contribution in [0.4, 0.5) is 0 Å². The van der Waals surface area contributed by atoms with Gasteiger partial charge in [-0.15, -0.1) is 0 Å². The molecular formula is C22H21ClO3. The van der Waals surface area contributed by atoms with Gasteiger partial charge in [0, 0.05) is 18.4 Å². The molecular weight excluding hydrogens is 348 g/mol. The Kier molecular flexibility index (Phi) is 5.10. The zero-order chi connectivity index (χ0) is 18.8. The molecule has 0 amide bonds. The summed E-state index contributed by atoms with van der Waals surface area (Å²) >= 11 is 6.22. The first-order valence-corrected chi connectivity index (χ1v) is 8.78. The molecule has 3 N–H and O–H groups in total. The second-order valence-corrected chi connectivity index (χ2v) is 7.11. The van der Waals surface area contributed by atoms with E-state index >= 15 is 0 Å². The van der Waals surface area contributed by atoms with Crippen molar-refractivity contribution in [1.29, 1.82) is 0 Å². The lowest BCUT2D eigenvalue weighted by Crippen LogP contribution is -1.96. The maximum Gasteiger partial charge on any atom is 0.137 e. The maximum atomic E-state index is 10.3. The summed E-state index contributed by atoms with van der Waals surface area (Å²) in [5.74, 6) is 0.440. The first kappa shape index (κ1) is 18.2. The first-order valence-electron chi connectivity index (χ1n) is 8.40. The molecule has 0 atom stereocenters. The summed E-state index contributed by atoms with van der Waals surface area (Å²) in [6.07, 6.45) is 0.868. The summed E-state index contributed by atoms with van der Waals surface area (Å²) in [6, 6.07) is 14.4. The molecule has 0 radical (unpaired) electrons. The summed E-state index contributed by atoms with van der Waals surface area (Å²) in [5, 5.41) is 30.8. The molecule has 3 rings (SSSR count). The summed E-state index contributed by atoms with van der Waals surface area (Å²) in [6.45, 7) is 3.92. The van der Waals surface area contributed by atoms with Crippen LogP contribution in [0.2, 0.25) is 5.02 Å². The SMILES string of the molecule is Cc1ccc(O)c(Cc2cc(Cl)c(O)c(Cc3cc(C)ccc3O)c2)c1. The van der Waals surface area contributed by atoms with E-state index in [2.05, 4.69) is 0 Å². The molecule has 0 aromatic heterocycles. The van der Waals surface area contributed by atoms with Gasteiger partial charge in [-0.25, -0.2) is 0 Å². The molecule has 0 unspecified atom stereocenters. The van der Waals surface area contributed by atoms with E-state index in [9.17, 15) is 15.3 Å². The van der Waals surface area contributed by atoms with Crippen LogP contribution in [0.5, 0.6) is 17.2 Å². The highest BCUT2D eigenvalue weighted by Crippen LogP contribution is 2.34. The molecule has 0 fully saturated rings.